The number of hydrogen-bond donors (Lipinski definition) is 2. The summed E-state index contributed by atoms with van der Waals surface area (Å²) in [7, 11) is -2.43. The number of rotatable bonds is 11. The second-order valence-electron chi connectivity index (χ2n) is 3.29. The van der Waals surface area contributed by atoms with E-state index < -0.39 is 8.80 Å². The lowest BCUT2D eigenvalue weighted by atomic mass is 10.5. The minimum absolute atomic E-state index is 0.506. The molecule has 5 nitrogen and oxygen atoms in total. The van der Waals surface area contributed by atoms with E-state index in [4.69, 9.17) is 19.0 Å². The van der Waals surface area contributed by atoms with Crippen molar-refractivity contribution in [3.63, 3.8) is 0 Å². The van der Waals surface area contributed by atoms with Crippen molar-refractivity contribution in [1.82, 2.24) is 5.32 Å². The molecule has 0 heterocycles. The van der Waals surface area contributed by atoms with E-state index in [1.54, 1.807) is 0 Å². The molecule has 0 aliphatic heterocycles. The fourth-order valence-electron chi connectivity index (χ4n) is 1.53. The van der Waals surface area contributed by atoms with Gasteiger partial charge in [-0.05, 0) is 33.7 Å². The van der Waals surface area contributed by atoms with E-state index in [-0.39, 0.29) is 0 Å². The third-order valence-corrected chi connectivity index (χ3v) is 5.23. The van der Waals surface area contributed by atoms with E-state index in [0.29, 0.717) is 26.5 Å². The van der Waals surface area contributed by atoms with Gasteiger partial charge < -0.3 is 24.3 Å². The molecule has 0 spiro atoms. The Labute approximate surface area is 100 Å². The first-order valence-corrected chi connectivity index (χ1v) is 8.00. The van der Waals surface area contributed by atoms with Crippen molar-refractivity contribution < 1.29 is 13.3 Å². The van der Waals surface area contributed by atoms with Crippen LogP contribution in [0.4, 0.5) is 0 Å². The van der Waals surface area contributed by atoms with Crippen LogP contribution in [0.3, 0.4) is 0 Å². The summed E-state index contributed by atoms with van der Waals surface area (Å²) in [6.45, 7) is 9.20. The van der Waals surface area contributed by atoms with Crippen LogP contribution < -0.4 is 11.1 Å². The maximum atomic E-state index is 5.73. The standard InChI is InChI=1S/C10H26N2O3Si/c1-4-13-16(14-5-2,15-6-3)9-7-8-12-10-11/h12H,4-11H2,1-3H3. The molecule has 0 aliphatic rings. The van der Waals surface area contributed by atoms with E-state index in [1.807, 2.05) is 20.8 Å². The molecule has 98 valence electrons. The molecular weight excluding hydrogens is 224 g/mol. The fraction of sp³-hybridized carbons (Fsp3) is 1.00. The fourth-order valence-corrected chi connectivity index (χ4v) is 4.15. The normalized spacial score (nSPS) is 12.0. The van der Waals surface area contributed by atoms with Crippen molar-refractivity contribution >= 4 is 8.80 Å². The highest BCUT2D eigenvalue weighted by atomic mass is 28.4. The number of nitrogens with one attached hydrogen (secondary N) is 1. The van der Waals surface area contributed by atoms with Crippen LogP contribution in [0.1, 0.15) is 27.2 Å². The molecule has 0 unspecified atom stereocenters. The first kappa shape index (κ1) is 16.0. The van der Waals surface area contributed by atoms with Gasteiger partial charge in [0.15, 0.2) is 0 Å². The van der Waals surface area contributed by atoms with Crippen LogP contribution in [-0.2, 0) is 13.3 Å². The van der Waals surface area contributed by atoms with E-state index in [1.165, 1.54) is 0 Å². The van der Waals surface area contributed by atoms with Crippen LogP contribution in [0.25, 0.3) is 0 Å². The number of nitrogens with two attached hydrogens (primary N) is 1. The lowest BCUT2D eigenvalue weighted by molar-refractivity contribution is 0.0708. The molecule has 16 heavy (non-hydrogen) atoms. The van der Waals surface area contributed by atoms with Crippen molar-refractivity contribution in [2.45, 2.75) is 33.2 Å². The summed E-state index contributed by atoms with van der Waals surface area (Å²) in [4.78, 5) is 0. The SMILES string of the molecule is CCO[Si](CCCNCN)(OCC)OCC. The molecule has 0 radical (unpaired) electrons. The molecule has 0 saturated carbocycles. The summed E-state index contributed by atoms with van der Waals surface area (Å²) in [6.07, 6.45) is 0.962. The molecule has 0 saturated heterocycles. The highest BCUT2D eigenvalue weighted by Crippen LogP contribution is 2.17. The van der Waals surface area contributed by atoms with Crippen molar-refractivity contribution in [1.29, 1.82) is 0 Å². The average molecular weight is 250 g/mol. The Kier molecular flexibility index (Phi) is 10.2. The Morgan fingerprint density at radius 3 is 1.88 bits per heavy atom. The highest BCUT2D eigenvalue weighted by Gasteiger charge is 2.39. The molecule has 0 amide bonds. The summed E-state index contributed by atoms with van der Waals surface area (Å²) in [5.41, 5.74) is 5.36. The smallest absolute Gasteiger partial charge is 0.374 e. The zero-order valence-electron chi connectivity index (χ0n) is 10.8. The van der Waals surface area contributed by atoms with E-state index >= 15 is 0 Å². The van der Waals surface area contributed by atoms with Gasteiger partial charge in [0.1, 0.15) is 0 Å². The Hall–Kier alpha value is 0.0169. The van der Waals surface area contributed by atoms with Crippen molar-refractivity contribution in [2.24, 2.45) is 5.73 Å². The molecule has 6 heteroatoms. The molecule has 0 fully saturated rings. The maximum Gasteiger partial charge on any atom is 0.500 e. The number of hydrogen-bond acceptors (Lipinski definition) is 5. The van der Waals surface area contributed by atoms with Crippen molar-refractivity contribution in [2.75, 3.05) is 33.0 Å². The van der Waals surface area contributed by atoms with E-state index in [2.05, 4.69) is 5.32 Å². The largest absolute Gasteiger partial charge is 0.500 e. The van der Waals surface area contributed by atoms with E-state index in [0.717, 1.165) is 19.0 Å². The Bertz CT molecular complexity index is 144. The van der Waals surface area contributed by atoms with Crippen LogP contribution in [0.2, 0.25) is 6.04 Å². The van der Waals surface area contributed by atoms with Gasteiger partial charge in [-0.15, -0.1) is 0 Å². The third kappa shape index (κ3) is 6.57. The first-order valence-electron chi connectivity index (χ1n) is 6.07. The molecule has 0 aromatic carbocycles. The Balaban J connectivity index is 4.12. The van der Waals surface area contributed by atoms with Crippen LogP contribution in [0, 0.1) is 0 Å². The summed E-state index contributed by atoms with van der Waals surface area (Å²) in [5.74, 6) is 0. The van der Waals surface area contributed by atoms with Gasteiger partial charge >= 0.3 is 8.80 Å². The molecule has 0 atom stereocenters. The maximum absolute atomic E-state index is 5.73. The quantitative estimate of drug-likeness (QED) is 0.324. The molecule has 0 aliphatic carbocycles. The van der Waals surface area contributed by atoms with Crippen LogP contribution in [0.15, 0.2) is 0 Å². The van der Waals surface area contributed by atoms with Crippen molar-refractivity contribution in [3.05, 3.63) is 0 Å². The van der Waals surface area contributed by atoms with Crippen molar-refractivity contribution in [3.8, 4) is 0 Å². The molecular formula is C10H26N2O3Si. The Morgan fingerprint density at radius 2 is 1.50 bits per heavy atom. The highest BCUT2D eigenvalue weighted by molar-refractivity contribution is 6.60. The summed E-state index contributed by atoms with van der Waals surface area (Å²) in [6, 6.07) is 0.843. The molecule has 0 aromatic heterocycles. The molecule has 0 rings (SSSR count). The molecule has 0 bridgehead atoms. The van der Waals surface area contributed by atoms with Gasteiger partial charge in [0.2, 0.25) is 0 Å². The summed E-state index contributed by atoms with van der Waals surface area (Å²) in [5, 5.41) is 3.08. The lowest BCUT2D eigenvalue weighted by Gasteiger charge is -2.28. The van der Waals surface area contributed by atoms with Gasteiger partial charge in [0.25, 0.3) is 0 Å². The van der Waals surface area contributed by atoms with Crippen LogP contribution >= 0.6 is 0 Å². The third-order valence-electron chi connectivity index (χ3n) is 2.07. The average Bonchev–Trinajstić information content (AvgIpc) is 2.26. The zero-order valence-corrected chi connectivity index (χ0v) is 11.8. The molecule has 0 aromatic rings. The minimum Gasteiger partial charge on any atom is -0.374 e. The van der Waals surface area contributed by atoms with Gasteiger partial charge in [0, 0.05) is 32.5 Å². The molecule has 3 N–H and O–H groups in total. The van der Waals surface area contributed by atoms with Crippen LogP contribution in [0.5, 0.6) is 0 Å². The monoisotopic (exact) mass is 250 g/mol. The predicted molar refractivity (Wildman–Crippen MR) is 67.1 cm³/mol. The van der Waals surface area contributed by atoms with Gasteiger partial charge in [-0.2, -0.15) is 0 Å². The zero-order chi connectivity index (χ0) is 12.3. The van der Waals surface area contributed by atoms with Gasteiger partial charge in [0.05, 0.1) is 0 Å². The summed E-state index contributed by atoms with van der Waals surface area (Å²) < 4.78 is 17.2. The van der Waals surface area contributed by atoms with Gasteiger partial charge in [-0.1, -0.05) is 0 Å². The van der Waals surface area contributed by atoms with Gasteiger partial charge in [-0.25, -0.2) is 0 Å². The van der Waals surface area contributed by atoms with Crippen LogP contribution in [-0.4, -0.2) is 41.8 Å². The summed E-state index contributed by atoms with van der Waals surface area (Å²) >= 11 is 0. The topological polar surface area (TPSA) is 65.7 Å². The minimum atomic E-state index is -2.43. The van der Waals surface area contributed by atoms with E-state index in [9.17, 15) is 0 Å². The second-order valence-corrected chi connectivity index (χ2v) is 6.02. The lowest BCUT2D eigenvalue weighted by Crippen LogP contribution is -2.46. The second kappa shape index (κ2) is 10.2. The van der Waals surface area contributed by atoms with Gasteiger partial charge in [-0.3, -0.25) is 0 Å². The Morgan fingerprint density at radius 1 is 1.00 bits per heavy atom. The predicted octanol–water partition coefficient (Wildman–Crippen LogP) is 0.931. The first-order chi connectivity index (χ1) is 7.74.